The third-order valence-corrected chi connectivity index (χ3v) is 2.62. The molecule has 0 saturated carbocycles. The van der Waals surface area contributed by atoms with Gasteiger partial charge in [0.2, 0.25) is 0 Å². The van der Waals surface area contributed by atoms with E-state index in [0.717, 1.165) is 12.8 Å². The molecule has 0 rings (SSSR count). The molecule has 0 aromatic rings. The first-order valence-corrected chi connectivity index (χ1v) is 6.82. The third-order valence-electron chi connectivity index (χ3n) is 2.62. The quantitative estimate of drug-likeness (QED) is 0.304. The lowest BCUT2D eigenvalue weighted by molar-refractivity contribution is 0.622. The average Bonchev–Trinajstić information content (AvgIpc) is 2.31. The number of unbranched alkanes of at least 4 members (excludes halogenated alkanes) is 6. The molecule has 0 fully saturated rings. The van der Waals surface area contributed by atoms with E-state index in [9.17, 15) is 0 Å². The van der Waals surface area contributed by atoms with Gasteiger partial charge in [-0.05, 0) is 38.5 Å². The Balaban J connectivity index is 3.08. The first kappa shape index (κ1) is 15.2. The summed E-state index contributed by atoms with van der Waals surface area (Å²) in [5, 5.41) is 0. The molecule has 0 N–H and O–H groups in total. The molecule has 0 heterocycles. The van der Waals surface area contributed by atoms with Crippen molar-refractivity contribution in [1.29, 1.82) is 0 Å². The SMILES string of the molecule is C=CCCCCCCCC=CCC=CCC. The molecule has 16 heavy (non-hydrogen) atoms. The lowest BCUT2D eigenvalue weighted by atomic mass is 10.1. The number of rotatable bonds is 11. The van der Waals surface area contributed by atoms with Crippen molar-refractivity contribution in [2.24, 2.45) is 0 Å². The van der Waals surface area contributed by atoms with Gasteiger partial charge in [0.25, 0.3) is 0 Å². The van der Waals surface area contributed by atoms with Gasteiger partial charge in [-0.15, -0.1) is 6.58 Å². The van der Waals surface area contributed by atoms with Crippen molar-refractivity contribution in [1.82, 2.24) is 0 Å². The van der Waals surface area contributed by atoms with Crippen LogP contribution in [0.15, 0.2) is 37.0 Å². The smallest absolute Gasteiger partial charge is 0.0169 e. The second-order valence-electron chi connectivity index (χ2n) is 4.22. The third kappa shape index (κ3) is 13.2. The Morgan fingerprint density at radius 1 is 0.750 bits per heavy atom. The molecule has 0 aromatic heterocycles. The first-order valence-electron chi connectivity index (χ1n) is 6.82. The van der Waals surface area contributed by atoms with E-state index in [2.05, 4.69) is 37.8 Å². The van der Waals surface area contributed by atoms with E-state index < -0.39 is 0 Å². The Kier molecular flexibility index (Phi) is 13.5. The first-order chi connectivity index (χ1) is 7.91. The fraction of sp³-hybridized carbons (Fsp3) is 0.625. The van der Waals surface area contributed by atoms with Gasteiger partial charge in [-0.2, -0.15) is 0 Å². The summed E-state index contributed by atoms with van der Waals surface area (Å²) in [7, 11) is 0. The summed E-state index contributed by atoms with van der Waals surface area (Å²) in [5.41, 5.74) is 0. The topological polar surface area (TPSA) is 0 Å². The van der Waals surface area contributed by atoms with Crippen LogP contribution < -0.4 is 0 Å². The standard InChI is InChI=1S/C16H28/c1-3-5-7-9-11-13-15-16-14-12-10-8-6-4-2/h3,6,8,12,14H,1,4-5,7,9-11,13,15-16H2,2H3. The molecule has 0 unspecified atom stereocenters. The highest BCUT2D eigenvalue weighted by atomic mass is 13.9. The molecule has 0 aliphatic carbocycles. The zero-order chi connectivity index (χ0) is 11.9. The molecule has 0 amide bonds. The van der Waals surface area contributed by atoms with Gasteiger partial charge in [-0.1, -0.05) is 56.6 Å². The molecular weight excluding hydrogens is 192 g/mol. The lowest BCUT2D eigenvalue weighted by Crippen LogP contribution is -1.77. The average molecular weight is 220 g/mol. The van der Waals surface area contributed by atoms with E-state index in [0.29, 0.717) is 0 Å². The highest BCUT2D eigenvalue weighted by Gasteiger charge is 1.88. The zero-order valence-electron chi connectivity index (χ0n) is 11.0. The number of hydrogen-bond donors (Lipinski definition) is 0. The highest BCUT2D eigenvalue weighted by Crippen LogP contribution is 2.07. The Hall–Kier alpha value is -0.780. The van der Waals surface area contributed by atoms with Crippen LogP contribution in [0.4, 0.5) is 0 Å². The van der Waals surface area contributed by atoms with Crippen molar-refractivity contribution in [2.75, 3.05) is 0 Å². The largest absolute Gasteiger partial charge is 0.103 e. The van der Waals surface area contributed by atoms with Crippen molar-refractivity contribution in [3.8, 4) is 0 Å². The van der Waals surface area contributed by atoms with Crippen molar-refractivity contribution in [3.63, 3.8) is 0 Å². The van der Waals surface area contributed by atoms with Crippen LogP contribution in [0, 0.1) is 0 Å². The summed E-state index contributed by atoms with van der Waals surface area (Å²) in [6.45, 7) is 5.91. The molecular formula is C16H28. The molecule has 0 aliphatic heterocycles. The van der Waals surface area contributed by atoms with Crippen LogP contribution in [0.25, 0.3) is 0 Å². The molecule has 0 atom stereocenters. The van der Waals surface area contributed by atoms with Gasteiger partial charge in [0.05, 0.1) is 0 Å². The highest BCUT2D eigenvalue weighted by molar-refractivity contribution is 4.92. The van der Waals surface area contributed by atoms with Crippen LogP contribution >= 0.6 is 0 Å². The fourth-order valence-electron chi connectivity index (χ4n) is 1.64. The van der Waals surface area contributed by atoms with E-state index in [1.165, 1.54) is 44.9 Å². The Bertz CT molecular complexity index is 186. The van der Waals surface area contributed by atoms with E-state index in [1.807, 2.05) is 6.08 Å². The van der Waals surface area contributed by atoms with Gasteiger partial charge >= 0.3 is 0 Å². The number of allylic oxidation sites excluding steroid dienone is 5. The van der Waals surface area contributed by atoms with Crippen molar-refractivity contribution < 1.29 is 0 Å². The van der Waals surface area contributed by atoms with Crippen LogP contribution in [-0.2, 0) is 0 Å². The molecule has 0 radical (unpaired) electrons. The monoisotopic (exact) mass is 220 g/mol. The fourth-order valence-corrected chi connectivity index (χ4v) is 1.64. The minimum absolute atomic E-state index is 1.10. The second-order valence-corrected chi connectivity index (χ2v) is 4.22. The molecule has 0 bridgehead atoms. The molecule has 0 spiro atoms. The molecule has 0 nitrogen and oxygen atoms in total. The second kappa shape index (κ2) is 14.2. The summed E-state index contributed by atoms with van der Waals surface area (Å²) in [6, 6.07) is 0. The van der Waals surface area contributed by atoms with Gasteiger partial charge in [-0.3, -0.25) is 0 Å². The van der Waals surface area contributed by atoms with E-state index >= 15 is 0 Å². The Morgan fingerprint density at radius 3 is 2.06 bits per heavy atom. The van der Waals surface area contributed by atoms with E-state index in [1.54, 1.807) is 0 Å². The maximum atomic E-state index is 3.73. The summed E-state index contributed by atoms with van der Waals surface area (Å²) in [6.07, 6.45) is 22.6. The lowest BCUT2D eigenvalue weighted by Gasteiger charge is -1.97. The minimum Gasteiger partial charge on any atom is -0.103 e. The molecule has 0 aliphatic rings. The molecule has 0 heteroatoms. The van der Waals surface area contributed by atoms with Crippen molar-refractivity contribution in [3.05, 3.63) is 37.0 Å². The van der Waals surface area contributed by atoms with Gasteiger partial charge in [-0.25, -0.2) is 0 Å². The maximum absolute atomic E-state index is 3.73. The Morgan fingerprint density at radius 2 is 1.38 bits per heavy atom. The molecule has 92 valence electrons. The van der Waals surface area contributed by atoms with Crippen LogP contribution in [-0.4, -0.2) is 0 Å². The van der Waals surface area contributed by atoms with Gasteiger partial charge in [0.15, 0.2) is 0 Å². The predicted octanol–water partition coefficient (Wildman–Crippen LogP) is 5.82. The zero-order valence-corrected chi connectivity index (χ0v) is 11.0. The predicted molar refractivity (Wildman–Crippen MR) is 75.7 cm³/mol. The summed E-state index contributed by atoms with van der Waals surface area (Å²) < 4.78 is 0. The molecule has 0 saturated heterocycles. The van der Waals surface area contributed by atoms with Crippen LogP contribution in [0.3, 0.4) is 0 Å². The van der Waals surface area contributed by atoms with Crippen molar-refractivity contribution in [2.45, 2.75) is 64.7 Å². The van der Waals surface area contributed by atoms with Crippen LogP contribution in [0.5, 0.6) is 0 Å². The summed E-state index contributed by atoms with van der Waals surface area (Å²) >= 11 is 0. The van der Waals surface area contributed by atoms with Gasteiger partial charge in [0, 0.05) is 0 Å². The van der Waals surface area contributed by atoms with Crippen LogP contribution in [0.1, 0.15) is 64.7 Å². The van der Waals surface area contributed by atoms with Crippen molar-refractivity contribution >= 4 is 0 Å². The van der Waals surface area contributed by atoms with Crippen LogP contribution in [0.2, 0.25) is 0 Å². The maximum Gasteiger partial charge on any atom is -0.0169 e. The van der Waals surface area contributed by atoms with Gasteiger partial charge < -0.3 is 0 Å². The summed E-state index contributed by atoms with van der Waals surface area (Å²) in [5.74, 6) is 0. The Labute approximate surface area is 102 Å². The normalized spacial score (nSPS) is 11.6. The molecule has 0 aromatic carbocycles. The minimum atomic E-state index is 1.10. The summed E-state index contributed by atoms with van der Waals surface area (Å²) in [4.78, 5) is 0. The van der Waals surface area contributed by atoms with Gasteiger partial charge in [0.1, 0.15) is 0 Å². The van der Waals surface area contributed by atoms with E-state index in [4.69, 9.17) is 0 Å². The van der Waals surface area contributed by atoms with E-state index in [-0.39, 0.29) is 0 Å². The number of hydrogen-bond acceptors (Lipinski definition) is 0.